The Kier molecular flexibility index (Phi) is 5.20. The van der Waals surface area contributed by atoms with Crippen molar-refractivity contribution in [3.05, 3.63) is 87.9 Å². The fourth-order valence-electron chi connectivity index (χ4n) is 2.24. The molecule has 3 rings (SSSR count). The van der Waals surface area contributed by atoms with Crippen LogP contribution in [-0.2, 0) is 6.54 Å². The van der Waals surface area contributed by atoms with Crippen LogP contribution in [0.4, 0.5) is 10.1 Å². The summed E-state index contributed by atoms with van der Waals surface area (Å²) in [4.78, 5) is 24.1. The van der Waals surface area contributed by atoms with Gasteiger partial charge in [0.25, 0.3) is 11.8 Å². The van der Waals surface area contributed by atoms with E-state index in [1.807, 2.05) is 11.4 Å². The Labute approximate surface area is 148 Å². The lowest BCUT2D eigenvalue weighted by molar-refractivity contribution is 0.0950. The van der Waals surface area contributed by atoms with E-state index in [0.717, 1.165) is 5.56 Å². The summed E-state index contributed by atoms with van der Waals surface area (Å²) in [6, 6.07) is 14.3. The Morgan fingerprint density at radius 2 is 1.76 bits per heavy atom. The number of halogens is 1. The Morgan fingerprint density at radius 1 is 0.960 bits per heavy atom. The van der Waals surface area contributed by atoms with E-state index in [4.69, 9.17) is 0 Å². The van der Waals surface area contributed by atoms with Gasteiger partial charge in [-0.15, -0.1) is 0 Å². The largest absolute Gasteiger partial charge is 0.348 e. The third kappa shape index (κ3) is 4.51. The minimum absolute atomic E-state index is 0.137. The predicted molar refractivity (Wildman–Crippen MR) is 96.3 cm³/mol. The molecule has 0 fully saturated rings. The number of rotatable bonds is 5. The molecule has 3 aromatic rings. The van der Waals surface area contributed by atoms with Gasteiger partial charge in [-0.1, -0.05) is 12.1 Å². The highest BCUT2D eigenvalue weighted by Crippen LogP contribution is 2.13. The summed E-state index contributed by atoms with van der Waals surface area (Å²) in [7, 11) is 0. The van der Waals surface area contributed by atoms with Gasteiger partial charge in [0.2, 0.25) is 0 Å². The number of hydrogen-bond acceptors (Lipinski definition) is 3. The average Bonchev–Trinajstić information content (AvgIpc) is 3.15. The molecular weight excluding hydrogens is 339 g/mol. The highest BCUT2D eigenvalue weighted by Gasteiger charge is 2.08. The molecule has 0 unspecified atom stereocenters. The molecule has 0 saturated heterocycles. The van der Waals surface area contributed by atoms with Crippen LogP contribution in [-0.4, -0.2) is 11.8 Å². The number of benzene rings is 2. The van der Waals surface area contributed by atoms with Gasteiger partial charge in [-0.25, -0.2) is 4.39 Å². The molecule has 0 saturated carbocycles. The van der Waals surface area contributed by atoms with E-state index in [2.05, 4.69) is 10.6 Å². The third-order valence-electron chi connectivity index (χ3n) is 3.53. The SMILES string of the molecule is O=C(NCc1cccc(NC(=O)c2ccc(F)cc2)c1)c1ccsc1. The Bertz CT molecular complexity index is 877. The maximum Gasteiger partial charge on any atom is 0.255 e. The van der Waals surface area contributed by atoms with Crippen LogP contribution >= 0.6 is 11.3 Å². The molecule has 0 aliphatic heterocycles. The van der Waals surface area contributed by atoms with Gasteiger partial charge in [-0.2, -0.15) is 11.3 Å². The van der Waals surface area contributed by atoms with Crippen molar-refractivity contribution >= 4 is 28.8 Å². The van der Waals surface area contributed by atoms with Crippen molar-refractivity contribution in [2.75, 3.05) is 5.32 Å². The van der Waals surface area contributed by atoms with Gasteiger partial charge in [-0.3, -0.25) is 9.59 Å². The van der Waals surface area contributed by atoms with Gasteiger partial charge in [0.1, 0.15) is 5.82 Å². The van der Waals surface area contributed by atoms with Crippen molar-refractivity contribution in [2.24, 2.45) is 0 Å². The molecule has 0 aliphatic rings. The Hall–Kier alpha value is -2.99. The minimum Gasteiger partial charge on any atom is -0.348 e. The van der Waals surface area contributed by atoms with Crippen LogP contribution in [0.2, 0.25) is 0 Å². The van der Waals surface area contributed by atoms with Crippen molar-refractivity contribution < 1.29 is 14.0 Å². The highest BCUT2D eigenvalue weighted by molar-refractivity contribution is 7.08. The van der Waals surface area contributed by atoms with E-state index < -0.39 is 0 Å². The monoisotopic (exact) mass is 354 g/mol. The van der Waals surface area contributed by atoms with Crippen molar-refractivity contribution in [3.63, 3.8) is 0 Å². The van der Waals surface area contributed by atoms with Crippen molar-refractivity contribution in [2.45, 2.75) is 6.54 Å². The molecule has 1 heterocycles. The molecule has 1 aromatic heterocycles. The van der Waals surface area contributed by atoms with Gasteiger partial charge in [0.15, 0.2) is 0 Å². The zero-order valence-electron chi connectivity index (χ0n) is 13.2. The molecule has 4 nitrogen and oxygen atoms in total. The second-order valence-electron chi connectivity index (χ2n) is 5.36. The van der Waals surface area contributed by atoms with Gasteiger partial charge in [-0.05, 0) is 53.4 Å². The standard InChI is InChI=1S/C19H15FN2O2S/c20-16-6-4-14(5-7-16)19(24)22-17-3-1-2-13(10-17)11-21-18(23)15-8-9-25-12-15/h1-10,12H,11H2,(H,21,23)(H,22,24). The number of anilines is 1. The minimum atomic E-state index is -0.389. The van der Waals surface area contributed by atoms with Gasteiger partial charge in [0, 0.05) is 28.7 Å². The van der Waals surface area contributed by atoms with E-state index in [-0.39, 0.29) is 17.6 Å². The van der Waals surface area contributed by atoms with Crippen molar-refractivity contribution in [3.8, 4) is 0 Å². The molecule has 0 aliphatic carbocycles. The Morgan fingerprint density at radius 3 is 2.48 bits per heavy atom. The highest BCUT2D eigenvalue weighted by atomic mass is 32.1. The fraction of sp³-hybridized carbons (Fsp3) is 0.0526. The lowest BCUT2D eigenvalue weighted by atomic mass is 10.1. The molecule has 2 amide bonds. The maximum absolute atomic E-state index is 12.9. The smallest absolute Gasteiger partial charge is 0.255 e. The van der Waals surface area contributed by atoms with Crippen LogP contribution in [0.1, 0.15) is 26.3 Å². The number of hydrogen-bond donors (Lipinski definition) is 2. The van der Waals surface area contributed by atoms with Crippen LogP contribution in [0.15, 0.2) is 65.4 Å². The molecule has 2 aromatic carbocycles. The van der Waals surface area contributed by atoms with Crippen LogP contribution in [0.5, 0.6) is 0 Å². The summed E-state index contributed by atoms with van der Waals surface area (Å²) in [5.74, 6) is -0.846. The first-order valence-electron chi connectivity index (χ1n) is 7.58. The first-order chi connectivity index (χ1) is 12.1. The number of nitrogens with one attached hydrogen (secondary N) is 2. The molecule has 25 heavy (non-hydrogen) atoms. The Balaban J connectivity index is 1.62. The van der Waals surface area contributed by atoms with Crippen LogP contribution in [0.3, 0.4) is 0 Å². The zero-order valence-corrected chi connectivity index (χ0v) is 14.0. The van der Waals surface area contributed by atoms with E-state index in [9.17, 15) is 14.0 Å². The zero-order chi connectivity index (χ0) is 17.6. The molecule has 0 bridgehead atoms. The van der Waals surface area contributed by atoms with E-state index in [1.165, 1.54) is 35.6 Å². The van der Waals surface area contributed by atoms with Crippen molar-refractivity contribution in [1.82, 2.24) is 5.32 Å². The van der Waals surface area contributed by atoms with Crippen LogP contribution in [0.25, 0.3) is 0 Å². The van der Waals surface area contributed by atoms with Crippen LogP contribution < -0.4 is 10.6 Å². The number of amides is 2. The van der Waals surface area contributed by atoms with E-state index in [0.29, 0.717) is 23.4 Å². The maximum atomic E-state index is 12.9. The average molecular weight is 354 g/mol. The summed E-state index contributed by atoms with van der Waals surface area (Å²) >= 11 is 1.47. The van der Waals surface area contributed by atoms with E-state index >= 15 is 0 Å². The third-order valence-corrected chi connectivity index (χ3v) is 4.21. The second kappa shape index (κ2) is 7.72. The molecule has 6 heteroatoms. The summed E-state index contributed by atoms with van der Waals surface area (Å²) in [5, 5.41) is 9.23. The number of carbonyl (C=O) groups is 2. The van der Waals surface area contributed by atoms with Crippen molar-refractivity contribution in [1.29, 1.82) is 0 Å². The van der Waals surface area contributed by atoms with Gasteiger partial charge >= 0.3 is 0 Å². The first kappa shape index (κ1) is 16.9. The number of carbonyl (C=O) groups excluding carboxylic acids is 2. The molecule has 0 radical (unpaired) electrons. The summed E-state index contributed by atoms with van der Waals surface area (Å²) in [5.41, 5.74) is 2.47. The molecule has 2 N–H and O–H groups in total. The second-order valence-corrected chi connectivity index (χ2v) is 6.14. The lowest BCUT2D eigenvalue weighted by Gasteiger charge is -2.08. The predicted octanol–water partition coefficient (Wildman–Crippen LogP) is 4.07. The molecular formula is C19H15FN2O2S. The normalized spacial score (nSPS) is 10.3. The fourth-order valence-corrected chi connectivity index (χ4v) is 2.88. The summed E-state index contributed by atoms with van der Waals surface area (Å²) in [6.07, 6.45) is 0. The first-order valence-corrected chi connectivity index (χ1v) is 8.52. The summed E-state index contributed by atoms with van der Waals surface area (Å²) in [6.45, 7) is 0.356. The topological polar surface area (TPSA) is 58.2 Å². The van der Waals surface area contributed by atoms with Gasteiger partial charge < -0.3 is 10.6 Å². The summed E-state index contributed by atoms with van der Waals surface area (Å²) < 4.78 is 12.9. The molecule has 0 atom stereocenters. The molecule has 0 spiro atoms. The number of thiophene rings is 1. The molecule has 126 valence electrons. The quantitative estimate of drug-likeness (QED) is 0.726. The van der Waals surface area contributed by atoms with E-state index in [1.54, 1.807) is 29.6 Å². The lowest BCUT2D eigenvalue weighted by Crippen LogP contribution is -2.22. The van der Waals surface area contributed by atoms with Crippen LogP contribution in [0, 0.1) is 5.82 Å². The van der Waals surface area contributed by atoms with Gasteiger partial charge in [0.05, 0.1) is 0 Å².